The summed E-state index contributed by atoms with van der Waals surface area (Å²) in [7, 11) is 5.04. The third kappa shape index (κ3) is 7.95. The number of methoxy groups -OCH3 is 2. The van der Waals surface area contributed by atoms with Gasteiger partial charge in [0.2, 0.25) is 0 Å². The summed E-state index contributed by atoms with van der Waals surface area (Å²) in [6.07, 6.45) is 4.11. The zero-order chi connectivity index (χ0) is 29.2. The molecule has 0 saturated carbocycles. The molecule has 0 saturated heterocycles. The van der Waals surface area contributed by atoms with Crippen LogP contribution in [-0.2, 0) is 16.1 Å². The Hall–Kier alpha value is -3.69. The van der Waals surface area contributed by atoms with E-state index < -0.39 is 0 Å². The number of nitrogens with one attached hydrogen (secondary N) is 2. The molecule has 0 fully saturated rings. The third-order valence-electron chi connectivity index (χ3n) is 6.95. The van der Waals surface area contributed by atoms with Gasteiger partial charge in [0.1, 0.15) is 11.6 Å². The molecule has 4 aromatic rings. The van der Waals surface area contributed by atoms with Crippen LogP contribution in [-0.4, -0.2) is 43.8 Å². The van der Waals surface area contributed by atoms with Crippen LogP contribution < -0.4 is 20.1 Å². The molecule has 2 aromatic carbocycles. The maximum atomic E-state index is 11.3. The van der Waals surface area contributed by atoms with E-state index in [9.17, 15) is 4.79 Å². The molecule has 1 atom stereocenters. The van der Waals surface area contributed by atoms with Crippen molar-refractivity contribution in [3.8, 4) is 22.6 Å². The lowest BCUT2D eigenvalue weighted by atomic mass is 10.0. The number of hydrogen-bond acceptors (Lipinski definition) is 9. The van der Waals surface area contributed by atoms with Crippen molar-refractivity contribution in [2.45, 2.75) is 58.5 Å². The Morgan fingerprint density at radius 3 is 2.61 bits per heavy atom. The van der Waals surface area contributed by atoms with Crippen LogP contribution in [0.5, 0.6) is 11.5 Å². The number of aromatic nitrogens is 2. The van der Waals surface area contributed by atoms with Crippen molar-refractivity contribution in [3.63, 3.8) is 0 Å². The van der Waals surface area contributed by atoms with E-state index in [1.807, 2.05) is 26.1 Å². The predicted molar refractivity (Wildman–Crippen MR) is 166 cm³/mol. The van der Waals surface area contributed by atoms with Crippen LogP contribution in [0.2, 0.25) is 0 Å². The quantitative estimate of drug-likeness (QED) is 0.115. The minimum Gasteiger partial charge on any atom is -0.493 e. The number of thiophene rings is 1. The molecule has 4 rings (SSSR count). The van der Waals surface area contributed by atoms with Crippen LogP contribution >= 0.6 is 11.3 Å². The maximum Gasteiger partial charge on any atom is 0.305 e. The first kappa shape index (κ1) is 30.3. The minimum atomic E-state index is -0.159. The van der Waals surface area contributed by atoms with Gasteiger partial charge in [-0.1, -0.05) is 37.1 Å². The third-order valence-corrected chi connectivity index (χ3v) is 8.06. The Labute approximate surface area is 246 Å². The zero-order valence-corrected chi connectivity index (χ0v) is 25.4. The first-order valence-electron chi connectivity index (χ1n) is 14.1. The molecule has 8 nitrogen and oxygen atoms in total. The summed E-state index contributed by atoms with van der Waals surface area (Å²) in [4.78, 5) is 21.9. The standard InChI is InChI=1S/C32H40N4O4S/c1-21(30-16-24(20-41-30)25-13-10-9-12-23(25)19-33-3)34-32-26-17-28(38-4)29(18-27(26)35-22(2)36-32)40-15-11-7-6-8-14-31(37)39-5/h9-10,12-13,16-18,20-21,33H,6-8,11,14-15,19H2,1-5H3,(H,34,35,36). The Kier molecular flexibility index (Phi) is 10.9. The molecule has 41 heavy (non-hydrogen) atoms. The van der Waals surface area contributed by atoms with Crippen molar-refractivity contribution in [2.75, 3.05) is 33.2 Å². The van der Waals surface area contributed by atoms with E-state index in [4.69, 9.17) is 19.2 Å². The van der Waals surface area contributed by atoms with E-state index >= 15 is 0 Å². The number of unbranched alkanes of at least 4 members (excludes halogenated alkanes) is 3. The second-order valence-corrected chi connectivity index (χ2v) is 11.0. The minimum absolute atomic E-state index is 0.0452. The van der Waals surface area contributed by atoms with Crippen molar-refractivity contribution in [1.29, 1.82) is 0 Å². The van der Waals surface area contributed by atoms with E-state index in [1.54, 1.807) is 18.4 Å². The molecule has 2 heterocycles. The lowest BCUT2D eigenvalue weighted by Crippen LogP contribution is -2.09. The highest BCUT2D eigenvalue weighted by Gasteiger charge is 2.17. The molecule has 0 aliphatic heterocycles. The number of fused-ring (bicyclic) bond motifs is 1. The fraction of sp³-hybridized carbons (Fsp3) is 0.406. The van der Waals surface area contributed by atoms with Crippen molar-refractivity contribution >= 4 is 34.0 Å². The highest BCUT2D eigenvalue weighted by Crippen LogP contribution is 2.37. The van der Waals surface area contributed by atoms with E-state index in [1.165, 1.54) is 28.7 Å². The zero-order valence-electron chi connectivity index (χ0n) is 24.6. The van der Waals surface area contributed by atoms with Gasteiger partial charge in [-0.15, -0.1) is 11.3 Å². The van der Waals surface area contributed by atoms with Gasteiger partial charge in [0.05, 0.1) is 32.4 Å². The molecular formula is C32H40N4O4S. The van der Waals surface area contributed by atoms with Crippen LogP contribution in [0.1, 0.15) is 61.3 Å². The number of benzene rings is 2. The summed E-state index contributed by atoms with van der Waals surface area (Å²) < 4.78 is 16.5. The van der Waals surface area contributed by atoms with E-state index in [-0.39, 0.29) is 12.0 Å². The summed E-state index contributed by atoms with van der Waals surface area (Å²) >= 11 is 1.74. The molecule has 0 spiro atoms. The molecule has 9 heteroatoms. The molecule has 0 bridgehead atoms. The van der Waals surface area contributed by atoms with Gasteiger partial charge < -0.3 is 24.8 Å². The molecule has 218 valence electrons. The van der Waals surface area contributed by atoms with Crippen LogP contribution in [0.15, 0.2) is 47.8 Å². The SMILES string of the molecule is CNCc1ccccc1-c1csc(C(C)Nc2nc(C)nc3cc(OCCCCCCC(=O)OC)c(OC)cc23)c1. The highest BCUT2D eigenvalue weighted by molar-refractivity contribution is 7.10. The summed E-state index contributed by atoms with van der Waals surface area (Å²) in [6.45, 7) is 5.44. The number of carbonyl (C=O) groups excluding carboxylic acids is 1. The summed E-state index contributed by atoms with van der Waals surface area (Å²) in [5.74, 6) is 2.59. The molecule has 1 unspecified atom stereocenters. The van der Waals surface area contributed by atoms with Gasteiger partial charge in [-0.25, -0.2) is 9.97 Å². The molecule has 0 amide bonds. The van der Waals surface area contributed by atoms with Gasteiger partial charge in [-0.3, -0.25) is 4.79 Å². The first-order valence-corrected chi connectivity index (χ1v) is 14.9. The van der Waals surface area contributed by atoms with Crippen molar-refractivity contribution in [1.82, 2.24) is 15.3 Å². The van der Waals surface area contributed by atoms with E-state index in [2.05, 4.69) is 58.3 Å². The van der Waals surface area contributed by atoms with E-state index in [0.717, 1.165) is 48.9 Å². The average Bonchev–Trinajstić information content (AvgIpc) is 3.47. The average molecular weight is 577 g/mol. The van der Waals surface area contributed by atoms with Gasteiger partial charge in [0, 0.05) is 29.3 Å². The normalized spacial score (nSPS) is 11.8. The Morgan fingerprint density at radius 2 is 1.83 bits per heavy atom. The number of rotatable bonds is 15. The maximum absolute atomic E-state index is 11.3. The van der Waals surface area contributed by atoms with E-state index in [0.29, 0.717) is 30.4 Å². The van der Waals surface area contributed by atoms with Gasteiger partial charge in [-0.2, -0.15) is 0 Å². The van der Waals surface area contributed by atoms with Crippen molar-refractivity contribution in [3.05, 3.63) is 64.1 Å². The van der Waals surface area contributed by atoms with Gasteiger partial charge in [-0.05, 0) is 67.9 Å². The monoisotopic (exact) mass is 576 g/mol. The van der Waals surface area contributed by atoms with Crippen LogP contribution in [0.3, 0.4) is 0 Å². The van der Waals surface area contributed by atoms with Gasteiger partial charge in [0.15, 0.2) is 11.5 Å². The summed E-state index contributed by atoms with van der Waals surface area (Å²) in [5, 5.41) is 9.98. The number of esters is 1. The summed E-state index contributed by atoms with van der Waals surface area (Å²) in [5.41, 5.74) is 4.55. The Morgan fingerprint density at radius 1 is 1.02 bits per heavy atom. The Bertz CT molecular complexity index is 1460. The smallest absolute Gasteiger partial charge is 0.305 e. The Balaban J connectivity index is 1.46. The molecule has 0 radical (unpaired) electrons. The van der Waals surface area contributed by atoms with Crippen molar-refractivity contribution in [2.24, 2.45) is 0 Å². The van der Waals surface area contributed by atoms with Gasteiger partial charge >= 0.3 is 5.97 Å². The van der Waals surface area contributed by atoms with Crippen LogP contribution in [0.4, 0.5) is 5.82 Å². The molecule has 2 aromatic heterocycles. The van der Waals surface area contributed by atoms with Crippen LogP contribution in [0.25, 0.3) is 22.0 Å². The number of hydrogen-bond donors (Lipinski definition) is 2. The number of nitrogens with zero attached hydrogens (tertiary/aromatic N) is 2. The first-order chi connectivity index (χ1) is 19.9. The lowest BCUT2D eigenvalue weighted by Gasteiger charge is -2.17. The van der Waals surface area contributed by atoms with Gasteiger partial charge in [0.25, 0.3) is 0 Å². The highest BCUT2D eigenvalue weighted by atomic mass is 32.1. The fourth-order valence-electron chi connectivity index (χ4n) is 4.79. The number of ether oxygens (including phenoxy) is 3. The largest absolute Gasteiger partial charge is 0.493 e. The number of anilines is 1. The predicted octanol–water partition coefficient (Wildman–Crippen LogP) is 7.07. The number of carbonyl (C=O) groups is 1. The molecule has 0 aliphatic carbocycles. The second kappa shape index (κ2) is 14.8. The molecular weight excluding hydrogens is 536 g/mol. The lowest BCUT2D eigenvalue weighted by molar-refractivity contribution is -0.140. The number of aryl methyl sites for hydroxylation is 1. The van der Waals surface area contributed by atoms with Crippen LogP contribution in [0, 0.1) is 6.92 Å². The molecule has 2 N–H and O–H groups in total. The topological polar surface area (TPSA) is 94.6 Å². The second-order valence-electron chi connectivity index (χ2n) is 10.0. The molecule has 0 aliphatic rings. The van der Waals surface area contributed by atoms with Crippen molar-refractivity contribution < 1.29 is 19.0 Å². The fourth-order valence-corrected chi connectivity index (χ4v) is 5.70. The summed E-state index contributed by atoms with van der Waals surface area (Å²) in [6, 6.07) is 14.7.